The minimum atomic E-state index is -0.0486. The van der Waals surface area contributed by atoms with E-state index in [0.29, 0.717) is 25.9 Å². The predicted molar refractivity (Wildman–Crippen MR) is 141 cm³/mol. The topological polar surface area (TPSA) is 52.7 Å². The molecular formula is C30H35N3O2. The first-order chi connectivity index (χ1) is 17.0. The number of anilines is 1. The molecule has 2 amide bonds. The molecule has 0 aromatic heterocycles. The quantitative estimate of drug-likeness (QED) is 0.488. The van der Waals surface area contributed by atoms with Crippen molar-refractivity contribution < 1.29 is 9.59 Å². The van der Waals surface area contributed by atoms with E-state index in [2.05, 4.69) is 58.7 Å². The van der Waals surface area contributed by atoms with Crippen LogP contribution in [0, 0.1) is 12.8 Å². The minimum Gasteiger partial charge on any atom is -0.340 e. The van der Waals surface area contributed by atoms with Gasteiger partial charge in [0.05, 0.1) is 6.04 Å². The summed E-state index contributed by atoms with van der Waals surface area (Å²) in [6.45, 7) is 7.05. The summed E-state index contributed by atoms with van der Waals surface area (Å²) in [6, 6.07) is 29.1. The van der Waals surface area contributed by atoms with Gasteiger partial charge in [-0.3, -0.25) is 14.5 Å². The SMILES string of the molecule is Cc1ccc(NC(=O)CC(C)CC(=O)N2CCN(C(c3ccccc3)c3ccccc3)CC2)cc1. The number of carbonyl (C=O) groups excluding carboxylic acids is 2. The van der Waals surface area contributed by atoms with Crippen molar-refractivity contribution in [1.82, 2.24) is 9.80 Å². The van der Waals surface area contributed by atoms with E-state index in [-0.39, 0.29) is 23.8 Å². The third-order valence-corrected chi connectivity index (χ3v) is 6.65. The van der Waals surface area contributed by atoms with Crippen LogP contribution in [-0.2, 0) is 9.59 Å². The van der Waals surface area contributed by atoms with Crippen molar-refractivity contribution in [2.45, 2.75) is 32.7 Å². The van der Waals surface area contributed by atoms with Crippen molar-refractivity contribution in [2.75, 3.05) is 31.5 Å². The maximum absolute atomic E-state index is 13.0. The maximum atomic E-state index is 13.0. The molecule has 5 heteroatoms. The van der Waals surface area contributed by atoms with Crippen molar-refractivity contribution in [2.24, 2.45) is 5.92 Å². The summed E-state index contributed by atoms with van der Waals surface area (Å²) in [5, 5.41) is 2.93. The Morgan fingerprint density at radius 3 is 1.86 bits per heavy atom. The van der Waals surface area contributed by atoms with E-state index < -0.39 is 0 Å². The molecule has 4 rings (SSSR count). The van der Waals surface area contributed by atoms with Gasteiger partial charge in [0.25, 0.3) is 0 Å². The molecule has 0 aliphatic carbocycles. The molecule has 1 saturated heterocycles. The summed E-state index contributed by atoms with van der Waals surface area (Å²) in [4.78, 5) is 29.8. The predicted octanol–water partition coefficient (Wildman–Crippen LogP) is 5.28. The number of piperazine rings is 1. The van der Waals surface area contributed by atoms with Crippen LogP contribution in [0.25, 0.3) is 0 Å². The Kier molecular flexibility index (Phi) is 8.32. The standard InChI is InChI=1S/C30H35N3O2/c1-23-13-15-27(16-14-23)31-28(34)21-24(2)22-29(35)32-17-19-33(20-18-32)30(25-9-5-3-6-10-25)26-11-7-4-8-12-26/h3-16,24,30H,17-22H2,1-2H3,(H,31,34). The number of carbonyl (C=O) groups is 2. The number of nitrogens with zero attached hydrogens (tertiary/aromatic N) is 2. The maximum Gasteiger partial charge on any atom is 0.224 e. The average molecular weight is 470 g/mol. The van der Waals surface area contributed by atoms with E-state index in [1.165, 1.54) is 11.1 Å². The number of amides is 2. The van der Waals surface area contributed by atoms with E-state index in [4.69, 9.17) is 0 Å². The number of rotatable bonds is 8. The molecule has 1 aliphatic heterocycles. The lowest BCUT2D eigenvalue weighted by atomic mass is 9.96. The van der Waals surface area contributed by atoms with Gasteiger partial charge in [0.1, 0.15) is 0 Å². The number of aryl methyl sites for hydroxylation is 1. The van der Waals surface area contributed by atoms with Gasteiger partial charge in [-0.15, -0.1) is 0 Å². The third-order valence-electron chi connectivity index (χ3n) is 6.65. The zero-order valence-electron chi connectivity index (χ0n) is 20.7. The van der Waals surface area contributed by atoms with E-state index in [9.17, 15) is 9.59 Å². The number of benzene rings is 3. The molecular weight excluding hydrogens is 434 g/mol. The fraction of sp³-hybridized carbons (Fsp3) is 0.333. The minimum absolute atomic E-state index is 0.00707. The van der Waals surface area contributed by atoms with Crippen molar-refractivity contribution in [3.8, 4) is 0 Å². The molecule has 1 aliphatic rings. The van der Waals surface area contributed by atoms with Crippen LogP contribution in [0.5, 0.6) is 0 Å². The smallest absolute Gasteiger partial charge is 0.224 e. The van der Waals surface area contributed by atoms with Gasteiger partial charge in [-0.1, -0.05) is 85.3 Å². The second-order valence-electron chi connectivity index (χ2n) is 9.57. The van der Waals surface area contributed by atoms with E-state index >= 15 is 0 Å². The average Bonchev–Trinajstić information content (AvgIpc) is 2.87. The van der Waals surface area contributed by atoms with Crippen LogP contribution in [0.4, 0.5) is 5.69 Å². The molecule has 1 N–H and O–H groups in total. The van der Waals surface area contributed by atoms with Crippen LogP contribution < -0.4 is 5.32 Å². The number of hydrogen-bond donors (Lipinski definition) is 1. The molecule has 182 valence electrons. The summed E-state index contributed by atoms with van der Waals surface area (Å²) in [7, 11) is 0. The Hall–Kier alpha value is -3.44. The number of nitrogens with one attached hydrogen (secondary N) is 1. The highest BCUT2D eigenvalue weighted by Crippen LogP contribution is 2.29. The van der Waals surface area contributed by atoms with Gasteiger partial charge in [-0.25, -0.2) is 0 Å². The van der Waals surface area contributed by atoms with Crippen LogP contribution in [-0.4, -0.2) is 47.8 Å². The molecule has 1 heterocycles. The first kappa shape index (κ1) is 24.7. The Balaban J connectivity index is 1.30. The lowest BCUT2D eigenvalue weighted by Crippen LogP contribution is -2.50. The highest BCUT2D eigenvalue weighted by Gasteiger charge is 2.28. The first-order valence-corrected chi connectivity index (χ1v) is 12.5. The van der Waals surface area contributed by atoms with Crippen molar-refractivity contribution in [3.63, 3.8) is 0 Å². The van der Waals surface area contributed by atoms with Crippen molar-refractivity contribution >= 4 is 17.5 Å². The second-order valence-corrected chi connectivity index (χ2v) is 9.57. The van der Waals surface area contributed by atoms with Crippen molar-refractivity contribution in [3.05, 3.63) is 102 Å². The molecule has 0 radical (unpaired) electrons. The van der Waals surface area contributed by atoms with E-state index in [1.54, 1.807) is 0 Å². The Bertz CT molecular complexity index is 1050. The van der Waals surface area contributed by atoms with E-state index in [1.807, 2.05) is 55.1 Å². The van der Waals surface area contributed by atoms with Gasteiger partial charge < -0.3 is 10.2 Å². The molecule has 35 heavy (non-hydrogen) atoms. The fourth-order valence-corrected chi connectivity index (χ4v) is 4.78. The molecule has 5 nitrogen and oxygen atoms in total. The van der Waals surface area contributed by atoms with Gasteiger partial charge in [-0.2, -0.15) is 0 Å². The second kappa shape index (κ2) is 11.8. The number of hydrogen-bond acceptors (Lipinski definition) is 3. The zero-order chi connectivity index (χ0) is 24.6. The van der Waals surface area contributed by atoms with Gasteiger partial charge in [0.15, 0.2) is 0 Å². The molecule has 1 unspecified atom stereocenters. The molecule has 0 bridgehead atoms. The van der Waals surface area contributed by atoms with Gasteiger partial charge in [0.2, 0.25) is 11.8 Å². The third kappa shape index (κ3) is 6.80. The normalized spacial score (nSPS) is 15.1. The summed E-state index contributed by atoms with van der Waals surface area (Å²) >= 11 is 0. The molecule has 0 saturated carbocycles. The van der Waals surface area contributed by atoms with Crippen LogP contribution >= 0.6 is 0 Å². The Morgan fingerprint density at radius 2 is 1.31 bits per heavy atom. The first-order valence-electron chi connectivity index (χ1n) is 12.5. The van der Waals surface area contributed by atoms with Crippen LogP contribution in [0.3, 0.4) is 0 Å². The Morgan fingerprint density at radius 1 is 0.771 bits per heavy atom. The lowest BCUT2D eigenvalue weighted by molar-refractivity contribution is -0.134. The largest absolute Gasteiger partial charge is 0.340 e. The Labute approximate surface area is 208 Å². The molecule has 0 spiro atoms. The monoisotopic (exact) mass is 469 g/mol. The highest BCUT2D eigenvalue weighted by molar-refractivity contribution is 5.91. The summed E-state index contributed by atoms with van der Waals surface area (Å²) in [5.74, 6) is 0.0798. The highest BCUT2D eigenvalue weighted by atomic mass is 16.2. The van der Waals surface area contributed by atoms with Gasteiger partial charge in [-0.05, 0) is 36.1 Å². The van der Waals surface area contributed by atoms with Gasteiger partial charge >= 0.3 is 0 Å². The molecule has 1 fully saturated rings. The van der Waals surface area contributed by atoms with E-state index in [0.717, 1.165) is 24.3 Å². The summed E-state index contributed by atoms with van der Waals surface area (Å²) in [6.07, 6.45) is 0.728. The molecule has 3 aromatic rings. The molecule has 1 atom stereocenters. The lowest BCUT2D eigenvalue weighted by Gasteiger charge is -2.40. The summed E-state index contributed by atoms with van der Waals surface area (Å²) in [5.41, 5.74) is 4.49. The van der Waals surface area contributed by atoms with Crippen LogP contribution in [0.15, 0.2) is 84.9 Å². The van der Waals surface area contributed by atoms with Crippen LogP contribution in [0.2, 0.25) is 0 Å². The van der Waals surface area contributed by atoms with Gasteiger partial charge in [0, 0.05) is 44.7 Å². The summed E-state index contributed by atoms with van der Waals surface area (Å²) < 4.78 is 0. The molecule has 3 aromatic carbocycles. The zero-order valence-corrected chi connectivity index (χ0v) is 20.7. The fourth-order valence-electron chi connectivity index (χ4n) is 4.78. The van der Waals surface area contributed by atoms with Crippen LogP contribution in [0.1, 0.15) is 42.5 Å². The van der Waals surface area contributed by atoms with Crippen molar-refractivity contribution in [1.29, 1.82) is 0 Å².